The van der Waals surface area contributed by atoms with Crippen molar-refractivity contribution in [3.8, 4) is 0 Å². The van der Waals surface area contributed by atoms with Gasteiger partial charge in [-0.15, -0.1) is 0 Å². The van der Waals surface area contributed by atoms with Crippen molar-refractivity contribution in [3.05, 3.63) is 28.0 Å². The van der Waals surface area contributed by atoms with E-state index in [1.54, 1.807) is 12.1 Å². The second-order valence-corrected chi connectivity index (χ2v) is 5.48. The number of nitrogens with zero attached hydrogens (tertiary/aromatic N) is 2. The van der Waals surface area contributed by atoms with Gasteiger partial charge in [-0.05, 0) is 0 Å². The Labute approximate surface area is 132 Å². The number of carbonyl (C=O) groups is 1. The molecule has 0 unspecified atom stereocenters. The molecule has 0 aliphatic carbocycles. The smallest absolute Gasteiger partial charge is 0.302 e. The van der Waals surface area contributed by atoms with Crippen molar-refractivity contribution in [2.45, 2.75) is 26.9 Å². The minimum Gasteiger partial charge on any atom is -0.462 e. The normalized spacial score (nSPS) is 11.1. The Balaban J connectivity index is 2.49. The number of halogens is 2. The summed E-state index contributed by atoms with van der Waals surface area (Å²) in [7, 11) is 0. The molecule has 1 heterocycles. The topological polar surface area (TPSA) is 55.3 Å². The Morgan fingerprint density at radius 2 is 2.05 bits per heavy atom. The largest absolute Gasteiger partial charge is 0.462 e. The highest BCUT2D eigenvalue weighted by molar-refractivity contribution is 6.42. The second kappa shape index (κ2) is 6.64. The van der Waals surface area contributed by atoms with Gasteiger partial charge < -0.3 is 9.84 Å². The van der Waals surface area contributed by atoms with Crippen LogP contribution >= 0.6 is 23.2 Å². The number of aromatic nitrogens is 2. The third kappa shape index (κ3) is 3.31. The van der Waals surface area contributed by atoms with Crippen LogP contribution in [-0.2, 0) is 22.6 Å². The first-order valence-corrected chi connectivity index (χ1v) is 7.33. The number of ether oxygens (including phenoxy) is 1. The summed E-state index contributed by atoms with van der Waals surface area (Å²) in [5.74, 6) is 0.623. The van der Waals surface area contributed by atoms with Crippen molar-refractivity contribution >= 4 is 40.2 Å². The maximum Gasteiger partial charge on any atom is 0.302 e. The highest BCUT2D eigenvalue weighted by Gasteiger charge is 2.22. The first kappa shape index (κ1) is 16.1. The summed E-state index contributed by atoms with van der Waals surface area (Å²) < 4.78 is 8.96. The standard InChI is InChI=1S/C14H17Cl2N2O3/c1-9-17(3-5-19)13-7-11(15)12(16)8-14(13)18(9)4-6-21-10(2)20/h7-8,19H,3-6H2,1-2H3/q+1. The molecule has 0 fully saturated rings. The van der Waals surface area contributed by atoms with Gasteiger partial charge in [0.05, 0.1) is 16.7 Å². The van der Waals surface area contributed by atoms with Crippen molar-refractivity contribution in [3.63, 3.8) is 0 Å². The van der Waals surface area contributed by atoms with Crippen molar-refractivity contribution in [1.82, 2.24) is 4.57 Å². The summed E-state index contributed by atoms with van der Waals surface area (Å²) in [6.07, 6.45) is 0. The fourth-order valence-electron chi connectivity index (χ4n) is 2.40. The number of aliphatic hydroxyl groups excluding tert-OH is 1. The molecule has 7 heteroatoms. The minimum absolute atomic E-state index is 0.0226. The van der Waals surface area contributed by atoms with Crippen LogP contribution in [0.15, 0.2) is 12.1 Å². The van der Waals surface area contributed by atoms with Crippen molar-refractivity contribution in [2.75, 3.05) is 13.2 Å². The third-order valence-corrected chi connectivity index (χ3v) is 4.05. The van der Waals surface area contributed by atoms with E-state index in [1.165, 1.54) is 6.92 Å². The predicted molar refractivity (Wildman–Crippen MR) is 80.6 cm³/mol. The van der Waals surface area contributed by atoms with E-state index in [4.69, 9.17) is 27.9 Å². The fourth-order valence-corrected chi connectivity index (χ4v) is 2.71. The molecule has 5 nitrogen and oxygen atoms in total. The summed E-state index contributed by atoms with van der Waals surface area (Å²) in [5.41, 5.74) is 1.78. The quantitative estimate of drug-likeness (QED) is 0.674. The zero-order valence-corrected chi connectivity index (χ0v) is 13.4. The van der Waals surface area contributed by atoms with E-state index in [-0.39, 0.29) is 19.2 Å². The molecule has 0 saturated heterocycles. The average molecular weight is 332 g/mol. The Hall–Kier alpha value is -1.30. The molecule has 1 aromatic carbocycles. The Bertz CT molecular complexity index is 683. The van der Waals surface area contributed by atoms with Crippen LogP contribution < -0.4 is 4.57 Å². The average Bonchev–Trinajstić information content (AvgIpc) is 2.65. The number of esters is 1. The lowest BCUT2D eigenvalue weighted by atomic mass is 10.3. The maximum atomic E-state index is 10.9. The minimum atomic E-state index is -0.312. The summed E-state index contributed by atoms with van der Waals surface area (Å²) in [5, 5.41) is 10.2. The first-order valence-electron chi connectivity index (χ1n) is 6.57. The summed E-state index contributed by atoms with van der Waals surface area (Å²) in [4.78, 5) is 10.9. The zero-order chi connectivity index (χ0) is 15.6. The van der Waals surface area contributed by atoms with E-state index in [2.05, 4.69) is 0 Å². The molecule has 114 valence electrons. The van der Waals surface area contributed by atoms with Gasteiger partial charge in [-0.1, -0.05) is 23.2 Å². The molecule has 0 bridgehead atoms. The molecular weight excluding hydrogens is 315 g/mol. The van der Waals surface area contributed by atoms with E-state index in [0.717, 1.165) is 16.9 Å². The lowest BCUT2D eigenvalue weighted by Gasteiger charge is -2.02. The number of fused-ring (bicyclic) bond motifs is 1. The van der Waals surface area contributed by atoms with Crippen LogP contribution in [0.25, 0.3) is 11.0 Å². The van der Waals surface area contributed by atoms with Gasteiger partial charge >= 0.3 is 5.97 Å². The van der Waals surface area contributed by atoms with Crippen LogP contribution in [0.2, 0.25) is 10.0 Å². The monoisotopic (exact) mass is 331 g/mol. The van der Waals surface area contributed by atoms with Crippen molar-refractivity contribution in [1.29, 1.82) is 0 Å². The molecule has 0 aliphatic heterocycles. The summed E-state index contributed by atoms with van der Waals surface area (Å²) >= 11 is 12.2. The molecule has 0 radical (unpaired) electrons. The highest BCUT2D eigenvalue weighted by Crippen LogP contribution is 2.27. The van der Waals surface area contributed by atoms with Crippen molar-refractivity contribution < 1.29 is 19.2 Å². The maximum absolute atomic E-state index is 10.9. The SMILES string of the molecule is CC(=O)OCCn1c(C)[n+](CCO)c2cc(Cl)c(Cl)cc21. The predicted octanol–water partition coefficient (Wildman–Crippen LogP) is 2.10. The molecule has 2 aromatic rings. The van der Waals surface area contributed by atoms with Gasteiger partial charge in [-0.2, -0.15) is 0 Å². The third-order valence-electron chi connectivity index (χ3n) is 3.32. The molecule has 0 atom stereocenters. The van der Waals surface area contributed by atoms with Crippen LogP contribution in [0, 0.1) is 6.92 Å². The molecular formula is C14H17Cl2N2O3+. The lowest BCUT2D eigenvalue weighted by molar-refractivity contribution is -0.679. The zero-order valence-electron chi connectivity index (χ0n) is 11.9. The van der Waals surface area contributed by atoms with E-state index >= 15 is 0 Å². The van der Waals surface area contributed by atoms with Crippen LogP contribution in [0.4, 0.5) is 0 Å². The van der Waals surface area contributed by atoms with Crippen molar-refractivity contribution in [2.24, 2.45) is 0 Å². The number of imidazole rings is 1. The van der Waals surface area contributed by atoms with Gasteiger partial charge in [0, 0.05) is 26.0 Å². The van der Waals surface area contributed by atoms with Crippen LogP contribution in [0.5, 0.6) is 0 Å². The fraction of sp³-hybridized carbons (Fsp3) is 0.429. The Kier molecular flexibility index (Phi) is 5.08. The number of carbonyl (C=O) groups excluding carboxylic acids is 1. The van der Waals surface area contributed by atoms with Crippen LogP contribution in [-0.4, -0.2) is 28.9 Å². The van der Waals surface area contributed by atoms with E-state index in [9.17, 15) is 9.90 Å². The number of hydrogen-bond donors (Lipinski definition) is 1. The van der Waals surface area contributed by atoms with Crippen LogP contribution in [0.3, 0.4) is 0 Å². The lowest BCUT2D eigenvalue weighted by Crippen LogP contribution is -2.38. The van der Waals surface area contributed by atoms with Gasteiger partial charge in [0.2, 0.25) is 0 Å². The number of benzene rings is 1. The first-order chi connectivity index (χ1) is 9.95. The number of rotatable bonds is 5. The molecule has 0 aliphatic rings. The van der Waals surface area contributed by atoms with Gasteiger partial charge in [0.25, 0.3) is 5.82 Å². The second-order valence-electron chi connectivity index (χ2n) is 4.67. The highest BCUT2D eigenvalue weighted by atomic mass is 35.5. The van der Waals surface area contributed by atoms with Gasteiger partial charge in [-0.25, -0.2) is 9.13 Å². The molecule has 21 heavy (non-hydrogen) atoms. The molecule has 0 saturated carbocycles. The van der Waals surface area contributed by atoms with E-state index in [0.29, 0.717) is 23.1 Å². The molecule has 0 amide bonds. The summed E-state index contributed by atoms with van der Waals surface area (Å²) in [6, 6.07) is 3.57. The van der Waals surface area contributed by atoms with Gasteiger partial charge in [0.1, 0.15) is 19.7 Å². The van der Waals surface area contributed by atoms with Gasteiger partial charge in [0.15, 0.2) is 11.0 Å². The molecule has 1 N–H and O–H groups in total. The Morgan fingerprint density at radius 1 is 1.38 bits per heavy atom. The number of hydrogen-bond acceptors (Lipinski definition) is 3. The molecule has 0 spiro atoms. The molecule has 1 aromatic heterocycles. The summed E-state index contributed by atoms with van der Waals surface area (Å²) in [6.45, 7) is 4.59. The van der Waals surface area contributed by atoms with E-state index in [1.807, 2.05) is 16.1 Å². The number of aliphatic hydroxyl groups is 1. The molecule has 2 rings (SSSR count). The van der Waals surface area contributed by atoms with Crippen LogP contribution in [0.1, 0.15) is 12.7 Å². The Morgan fingerprint density at radius 3 is 2.67 bits per heavy atom. The van der Waals surface area contributed by atoms with Gasteiger partial charge in [-0.3, -0.25) is 4.79 Å². The van der Waals surface area contributed by atoms with E-state index < -0.39 is 0 Å².